The lowest BCUT2D eigenvalue weighted by molar-refractivity contribution is -0.141. The van der Waals surface area contributed by atoms with Crippen molar-refractivity contribution in [3.8, 4) is 5.75 Å². The van der Waals surface area contributed by atoms with Crippen LogP contribution in [0.2, 0.25) is 0 Å². The zero-order valence-corrected chi connectivity index (χ0v) is 11.7. The number of esters is 2. The number of hydrogen-bond donors (Lipinski definition) is 1. The molecule has 20 heavy (non-hydrogen) atoms. The first-order chi connectivity index (χ1) is 9.58. The van der Waals surface area contributed by atoms with Crippen LogP contribution < -0.4 is 10.5 Å². The largest absolute Gasteiger partial charge is 0.493 e. The molecular weight excluding hydrogens is 262 g/mol. The maximum atomic E-state index is 11.8. The van der Waals surface area contributed by atoms with Crippen LogP contribution in [-0.4, -0.2) is 32.3 Å². The Labute approximate surface area is 117 Å². The van der Waals surface area contributed by atoms with E-state index < -0.39 is 5.97 Å². The number of ether oxygens (including phenoxy) is 3. The second kappa shape index (κ2) is 8.04. The molecule has 0 saturated heterocycles. The van der Waals surface area contributed by atoms with Crippen molar-refractivity contribution in [2.75, 3.05) is 26.1 Å². The van der Waals surface area contributed by atoms with Gasteiger partial charge >= 0.3 is 11.9 Å². The van der Waals surface area contributed by atoms with Crippen molar-refractivity contribution < 1.29 is 23.8 Å². The van der Waals surface area contributed by atoms with Crippen LogP contribution in [-0.2, 0) is 14.3 Å². The van der Waals surface area contributed by atoms with Gasteiger partial charge in [-0.05, 0) is 24.6 Å². The monoisotopic (exact) mass is 281 g/mol. The minimum atomic E-state index is -0.484. The van der Waals surface area contributed by atoms with Crippen LogP contribution in [0.3, 0.4) is 0 Å². The van der Waals surface area contributed by atoms with E-state index in [4.69, 9.17) is 15.2 Å². The van der Waals surface area contributed by atoms with E-state index in [1.807, 2.05) is 6.92 Å². The zero-order valence-electron chi connectivity index (χ0n) is 11.7. The Hall–Kier alpha value is -2.24. The molecule has 0 fully saturated rings. The molecule has 0 unspecified atom stereocenters. The number of methoxy groups -OCH3 is 1. The molecule has 2 N–H and O–H groups in total. The number of hydrogen-bond acceptors (Lipinski definition) is 6. The van der Waals surface area contributed by atoms with Crippen molar-refractivity contribution >= 4 is 17.6 Å². The fourth-order valence-electron chi connectivity index (χ4n) is 1.43. The van der Waals surface area contributed by atoms with Crippen molar-refractivity contribution in [1.29, 1.82) is 0 Å². The van der Waals surface area contributed by atoms with Crippen LogP contribution in [0.15, 0.2) is 18.2 Å². The lowest BCUT2D eigenvalue weighted by atomic mass is 10.1. The van der Waals surface area contributed by atoms with Gasteiger partial charge in [-0.1, -0.05) is 6.92 Å². The van der Waals surface area contributed by atoms with Crippen molar-refractivity contribution in [3.63, 3.8) is 0 Å². The topological polar surface area (TPSA) is 87.8 Å². The Morgan fingerprint density at radius 2 is 2.00 bits per heavy atom. The molecule has 6 heteroatoms. The van der Waals surface area contributed by atoms with Gasteiger partial charge in [0.25, 0.3) is 0 Å². The number of carbonyl (C=O) groups excluding carboxylic acids is 2. The molecule has 0 aliphatic carbocycles. The van der Waals surface area contributed by atoms with Crippen LogP contribution in [0.5, 0.6) is 5.75 Å². The van der Waals surface area contributed by atoms with Gasteiger partial charge in [0.1, 0.15) is 5.75 Å². The van der Waals surface area contributed by atoms with Gasteiger partial charge in [-0.3, -0.25) is 4.79 Å². The molecule has 0 radical (unpaired) electrons. The summed E-state index contributed by atoms with van der Waals surface area (Å²) in [7, 11) is 1.31. The van der Waals surface area contributed by atoms with Crippen molar-refractivity contribution in [1.82, 2.24) is 0 Å². The molecule has 1 aromatic rings. The zero-order chi connectivity index (χ0) is 15.0. The number of rotatable bonds is 7. The van der Waals surface area contributed by atoms with Crippen molar-refractivity contribution in [3.05, 3.63) is 23.8 Å². The van der Waals surface area contributed by atoms with Crippen LogP contribution in [0.4, 0.5) is 5.69 Å². The Morgan fingerprint density at radius 3 is 2.65 bits per heavy atom. The molecule has 0 amide bonds. The van der Waals surface area contributed by atoms with Gasteiger partial charge in [0.2, 0.25) is 0 Å². The third kappa shape index (κ3) is 4.79. The highest BCUT2D eigenvalue weighted by atomic mass is 16.5. The van der Waals surface area contributed by atoms with Crippen LogP contribution in [0, 0.1) is 0 Å². The Kier molecular flexibility index (Phi) is 6.36. The van der Waals surface area contributed by atoms with E-state index in [1.54, 1.807) is 12.1 Å². The summed E-state index contributed by atoms with van der Waals surface area (Å²) >= 11 is 0. The molecule has 0 saturated carbocycles. The molecule has 6 nitrogen and oxygen atoms in total. The molecule has 0 spiro atoms. The summed E-state index contributed by atoms with van der Waals surface area (Å²) in [5.74, 6) is -0.391. The normalized spacial score (nSPS) is 9.90. The number of benzene rings is 1. The lowest BCUT2D eigenvalue weighted by Gasteiger charge is -2.09. The maximum absolute atomic E-state index is 11.8. The Balaban J connectivity index is 2.66. The smallest absolute Gasteiger partial charge is 0.340 e. The Morgan fingerprint density at radius 1 is 1.25 bits per heavy atom. The number of carbonyl (C=O) groups is 2. The lowest BCUT2D eigenvalue weighted by Crippen LogP contribution is -2.10. The SMILES string of the molecule is CCCOC(=O)c1cc(OCCC(=O)OC)ccc1N. The minimum Gasteiger partial charge on any atom is -0.493 e. The fraction of sp³-hybridized carbons (Fsp3) is 0.429. The summed E-state index contributed by atoms with van der Waals surface area (Å²) in [4.78, 5) is 22.7. The van der Waals surface area contributed by atoms with E-state index in [0.717, 1.165) is 6.42 Å². The second-order valence-corrected chi connectivity index (χ2v) is 4.06. The van der Waals surface area contributed by atoms with Gasteiger partial charge in [0.05, 0.1) is 32.3 Å². The third-order valence-electron chi connectivity index (χ3n) is 2.48. The summed E-state index contributed by atoms with van der Waals surface area (Å²) in [6, 6.07) is 4.70. The summed E-state index contributed by atoms with van der Waals surface area (Å²) in [5, 5.41) is 0. The van der Waals surface area contributed by atoms with E-state index in [1.165, 1.54) is 13.2 Å². The molecule has 0 aliphatic rings. The number of anilines is 1. The molecule has 0 aromatic heterocycles. The first-order valence-corrected chi connectivity index (χ1v) is 6.34. The van der Waals surface area contributed by atoms with Gasteiger partial charge < -0.3 is 19.9 Å². The second-order valence-electron chi connectivity index (χ2n) is 4.06. The van der Waals surface area contributed by atoms with E-state index in [2.05, 4.69) is 4.74 Å². The van der Waals surface area contributed by atoms with E-state index in [9.17, 15) is 9.59 Å². The van der Waals surface area contributed by atoms with Crippen LogP contribution >= 0.6 is 0 Å². The van der Waals surface area contributed by atoms with Gasteiger partial charge in [-0.25, -0.2) is 4.79 Å². The molecular formula is C14H19NO5. The summed E-state index contributed by atoms with van der Waals surface area (Å²) < 4.78 is 14.9. The average Bonchev–Trinajstić information content (AvgIpc) is 2.46. The highest BCUT2D eigenvalue weighted by molar-refractivity contribution is 5.95. The predicted octanol–water partition coefficient (Wildman–Crippen LogP) is 1.78. The molecule has 110 valence electrons. The average molecular weight is 281 g/mol. The minimum absolute atomic E-state index is 0.135. The van der Waals surface area contributed by atoms with Crippen LogP contribution in [0.1, 0.15) is 30.1 Å². The van der Waals surface area contributed by atoms with Gasteiger partial charge in [-0.15, -0.1) is 0 Å². The summed E-state index contributed by atoms with van der Waals surface area (Å²) in [6.45, 7) is 2.41. The molecule has 1 rings (SSSR count). The molecule has 1 aromatic carbocycles. The molecule has 0 atom stereocenters. The van der Waals surface area contributed by atoms with Gasteiger partial charge in [0.15, 0.2) is 0 Å². The van der Waals surface area contributed by atoms with Crippen molar-refractivity contribution in [2.45, 2.75) is 19.8 Å². The summed E-state index contributed by atoms with van der Waals surface area (Å²) in [5.41, 5.74) is 6.31. The van der Waals surface area contributed by atoms with E-state index in [-0.39, 0.29) is 24.6 Å². The maximum Gasteiger partial charge on any atom is 0.340 e. The first-order valence-electron chi connectivity index (χ1n) is 6.34. The van der Waals surface area contributed by atoms with E-state index >= 15 is 0 Å². The first kappa shape index (κ1) is 15.8. The van der Waals surface area contributed by atoms with Crippen molar-refractivity contribution in [2.24, 2.45) is 0 Å². The Bertz CT molecular complexity index is 473. The molecule has 0 aliphatic heterocycles. The molecule has 0 bridgehead atoms. The standard InChI is InChI=1S/C14H19NO5/c1-3-7-20-14(17)11-9-10(4-5-12(11)15)19-8-6-13(16)18-2/h4-5,9H,3,6-8,15H2,1-2H3. The number of nitrogens with two attached hydrogens (primary N) is 1. The molecule has 0 heterocycles. The highest BCUT2D eigenvalue weighted by Gasteiger charge is 2.12. The summed E-state index contributed by atoms with van der Waals surface area (Å²) in [6.07, 6.45) is 0.872. The van der Waals surface area contributed by atoms with Gasteiger partial charge in [0, 0.05) is 5.69 Å². The van der Waals surface area contributed by atoms with Gasteiger partial charge in [-0.2, -0.15) is 0 Å². The van der Waals surface area contributed by atoms with Crippen LogP contribution in [0.25, 0.3) is 0 Å². The number of nitrogen functional groups attached to an aromatic ring is 1. The highest BCUT2D eigenvalue weighted by Crippen LogP contribution is 2.21. The third-order valence-corrected chi connectivity index (χ3v) is 2.48. The quantitative estimate of drug-likeness (QED) is 0.605. The predicted molar refractivity (Wildman–Crippen MR) is 73.6 cm³/mol. The fourth-order valence-corrected chi connectivity index (χ4v) is 1.43. The van der Waals surface area contributed by atoms with E-state index in [0.29, 0.717) is 18.0 Å².